The van der Waals surface area contributed by atoms with Crippen molar-refractivity contribution in [2.75, 3.05) is 11.9 Å². The summed E-state index contributed by atoms with van der Waals surface area (Å²) in [7, 11) is 0. The Labute approximate surface area is 162 Å². The quantitative estimate of drug-likeness (QED) is 0.501. The Balaban J connectivity index is 1.57. The minimum absolute atomic E-state index is 0.360. The zero-order chi connectivity index (χ0) is 19.2. The van der Waals surface area contributed by atoms with Gasteiger partial charge in [-0.3, -0.25) is 4.79 Å². The highest BCUT2D eigenvalue weighted by atomic mass is 35.5. The number of ether oxygens (including phenoxy) is 1. The fourth-order valence-corrected chi connectivity index (χ4v) is 2.92. The smallest absolute Gasteiger partial charge is 0.331 e. The van der Waals surface area contributed by atoms with E-state index in [4.69, 9.17) is 16.3 Å². The lowest BCUT2D eigenvalue weighted by atomic mass is 10.0. The Hall–Kier alpha value is -3.11. The van der Waals surface area contributed by atoms with Crippen LogP contribution >= 0.6 is 11.6 Å². The summed E-state index contributed by atoms with van der Waals surface area (Å²) in [5, 5.41) is 5.42. The molecular formula is C22H18ClNO3. The minimum atomic E-state index is -0.578. The van der Waals surface area contributed by atoms with Gasteiger partial charge in [0.2, 0.25) is 0 Å². The molecule has 0 spiro atoms. The van der Waals surface area contributed by atoms with Crippen LogP contribution in [0.15, 0.2) is 66.7 Å². The van der Waals surface area contributed by atoms with Gasteiger partial charge in [-0.25, -0.2) is 4.79 Å². The first-order valence-corrected chi connectivity index (χ1v) is 8.79. The molecule has 4 nitrogen and oxygen atoms in total. The lowest BCUT2D eigenvalue weighted by molar-refractivity contribution is -0.142. The van der Waals surface area contributed by atoms with E-state index in [-0.39, 0.29) is 6.61 Å². The number of amides is 1. The van der Waals surface area contributed by atoms with Crippen LogP contribution in [0.2, 0.25) is 5.02 Å². The maximum Gasteiger partial charge on any atom is 0.331 e. The third-order valence-electron chi connectivity index (χ3n) is 4.03. The molecule has 0 radical (unpaired) electrons. The molecule has 0 aliphatic rings. The maximum absolute atomic E-state index is 12.0. The Bertz CT molecular complexity index is 1020. The number of carbonyl (C=O) groups is 2. The first kappa shape index (κ1) is 18.7. The molecule has 0 heterocycles. The van der Waals surface area contributed by atoms with E-state index >= 15 is 0 Å². The molecule has 5 heteroatoms. The van der Waals surface area contributed by atoms with E-state index in [0.717, 1.165) is 21.9 Å². The number of hydrogen-bond acceptors (Lipinski definition) is 3. The van der Waals surface area contributed by atoms with Crippen LogP contribution in [-0.2, 0) is 14.3 Å². The number of halogens is 1. The summed E-state index contributed by atoms with van der Waals surface area (Å²) in [5.41, 5.74) is 2.37. The predicted molar refractivity (Wildman–Crippen MR) is 109 cm³/mol. The van der Waals surface area contributed by atoms with Crippen LogP contribution in [0.1, 0.15) is 11.1 Å². The Morgan fingerprint density at radius 1 is 1.07 bits per heavy atom. The third kappa shape index (κ3) is 4.96. The molecule has 0 fully saturated rings. The number of nitrogens with one attached hydrogen (secondary N) is 1. The van der Waals surface area contributed by atoms with Gasteiger partial charge in [0.15, 0.2) is 6.61 Å². The van der Waals surface area contributed by atoms with Gasteiger partial charge in [-0.1, -0.05) is 54.1 Å². The normalized spacial score (nSPS) is 10.9. The van der Waals surface area contributed by atoms with E-state index in [1.165, 1.54) is 6.08 Å². The molecule has 0 aromatic heterocycles. The van der Waals surface area contributed by atoms with Gasteiger partial charge < -0.3 is 10.1 Å². The van der Waals surface area contributed by atoms with Crippen LogP contribution in [0.3, 0.4) is 0 Å². The summed E-state index contributed by atoms with van der Waals surface area (Å²) in [5.74, 6) is -0.988. The molecule has 1 amide bonds. The lowest BCUT2D eigenvalue weighted by Crippen LogP contribution is -2.20. The van der Waals surface area contributed by atoms with Crippen LogP contribution in [-0.4, -0.2) is 18.5 Å². The van der Waals surface area contributed by atoms with Crippen molar-refractivity contribution in [3.8, 4) is 0 Å². The zero-order valence-corrected chi connectivity index (χ0v) is 15.5. The van der Waals surface area contributed by atoms with E-state index in [2.05, 4.69) is 5.32 Å². The van der Waals surface area contributed by atoms with Gasteiger partial charge in [0, 0.05) is 16.8 Å². The van der Waals surface area contributed by atoms with E-state index in [1.54, 1.807) is 24.3 Å². The van der Waals surface area contributed by atoms with Crippen molar-refractivity contribution in [1.82, 2.24) is 0 Å². The van der Waals surface area contributed by atoms with Crippen molar-refractivity contribution in [3.63, 3.8) is 0 Å². The second kappa shape index (κ2) is 8.52. The molecule has 0 saturated carbocycles. The predicted octanol–water partition coefficient (Wildman–Crippen LogP) is 5.00. The Morgan fingerprint density at radius 2 is 1.85 bits per heavy atom. The summed E-state index contributed by atoms with van der Waals surface area (Å²) >= 11 is 5.89. The van der Waals surface area contributed by atoms with Gasteiger partial charge in [-0.2, -0.15) is 0 Å². The summed E-state index contributed by atoms with van der Waals surface area (Å²) in [6, 6.07) is 18.9. The number of carbonyl (C=O) groups excluding carboxylic acids is 2. The van der Waals surface area contributed by atoms with Gasteiger partial charge in [0.05, 0.1) is 0 Å². The summed E-state index contributed by atoms with van der Waals surface area (Å²) in [4.78, 5) is 23.9. The van der Waals surface area contributed by atoms with Crippen molar-refractivity contribution in [2.24, 2.45) is 0 Å². The van der Waals surface area contributed by atoms with Crippen molar-refractivity contribution >= 4 is 46.0 Å². The van der Waals surface area contributed by atoms with Gasteiger partial charge in [0.25, 0.3) is 5.91 Å². The van der Waals surface area contributed by atoms with Crippen LogP contribution in [0, 0.1) is 6.92 Å². The Morgan fingerprint density at radius 3 is 2.67 bits per heavy atom. The lowest BCUT2D eigenvalue weighted by Gasteiger charge is -2.08. The molecule has 3 rings (SSSR count). The summed E-state index contributed by atoms with van der Waals surface area (Å²) in [6.07, 6.45) is 3.01. The molecule has 0 bridgehead atoms. The van der Waals surface area contributed by atoms with Crippen LogP contribution in [0.4, 0.5) is 5.69 Å². The van der Waals surface area contributed by atoms with Crippen molar-refractivity contribution < 1.29 is 14.3 Å². The number of aryl methyl sites for hydroxylation is 1. The first-order valence-electron chi connectivity index (χ1n) is 8.41. The maximum atomic E-state index is 12.0. The zero-order valence-electron chi connectivity index (χ0n) is 14.7. The summed E-state index contributed by atoms with van der Waals surface area (Å²) < 4.78 is 5.01. The topological polar surface area (TPSA) is 55.4 Å². The Kier molecular flexibility index (Phi) is 5.89. The highest BCUT2D eigenvalue weighted by Crippen LogP contribution is 2.20. The number of esters is 1. The van der Waals surface area contributed by atoms with Crippen molar-refractivity contribution in [3.05, 3.63) is 82.9 Å². The average molecular weight is 380 g/mol. The SMILES string of the molecule is Cc1cc(Cl)ccc1NC(=O)COC(=O)/C=C/c1cccc2ccccc12. The second-order valence-electron chi connectivity index (χ2n) is 6.02. The van der Waals surface area contributed by atoms with Gasteiger partial charge >= 0.3 is 5.97 Å². The van der Waals surface area contributed by atoms with Crippen molar-refractivity contribution in [1.29, 1.82) is 0 Å². The molecule has 0 unspecified atom stereocenters. The monoisotopic (exact) mass is 379 g/mol. The van der Waals surface area contributed by atoms with Gasteiger partial charge in [0.1, 0.15) is 0 Å². The number of fused-ring (bicyclic) bond motifs is 1. The van der Waals surface area contributed by atoms with Crippen LogP contribution in [0.25, 0.3) is 16.8 Å². The number of rotatable bonds is 5. The molecule has 1 N–H and O–H groups in total. The number of anilines is 1. The fourth-order valence-electron chi connectivity index (χ4n) is 2.69. The van der Waals surface area contributed by atoms with Crippen LogP contribution in [0.5, 0.6) is 0 Å². The highest BCUT2D eigenvalue weighted by molar-refractivity contribution is 6.30. The fraction of sp³-hybridized carbons (Fsp3) is 0.0909. The molecule has 0 aliphatic carbocycles. The van der Waals surface area contributed by atoms with E-state index in [9.17, 15) is 9.59 Å². The molecule has 0 aliphatic heterocycles. The van der Waals surface area contributed by atoms with E-state index in [0.29, 0.717) is 10.7 Å². The highest BCUT2D eigenvalue weighted by Gasteiger charge is 2.08. The largest absolute Gasteiger partial charge is 0.452 e. The van der Waals surface area contributed by atoms with Gasteiger partial charge in [-0.15, -0.1) is 0 Å². The molecule has 0 saturated heterocycles. The standard InChI is InChI=1S/C22H18ClNO3/c1-15-13-18(23)10-11-20(15)24-21(25)14-27-22(26)12-9-17-7-4-6-16-5-2-3-8-19(16)17/h2-13H,14H2,1H3,(H,24,25)/b12-9+. The third-order valence-corrected chi connectivity index (χ3v) is 4.27. The van der Waals surface area contributed by atoms with Gasteiger partial charge in [-0.05, 0) is 53.1 Å². The van der Waals surface area contributed by atoms with E-state index < -0.39 is 11.9 Å². The molecule has 136 valence electrons. The average Bonchev–Trinajstić information content (AvgIpc) is 2.67. The van der Waals surface area contributed by atoms with Crippen molar-refractivity contribution in [2.45, 2.75) is 6.92 Å². The van der Waals surface area contributed by atoms with E-state index in [1.807, 2.05) is 49.4 Å². The minimum Gasteiger partial charge on any atom is -0.452 e. The first-order chi connectivity index (χ1) is 13.0. The number of benzene rings is 3. The molecule has 27 heavy (non-hydrogen) atoms. The molecular weight excluding hydrogens is 362 g/mol. The number of hydrogen-bond donors (Lipinski definition) is 1. The van der Waals surface area contributed by atoms with Crippen LogP contribution < -0.4 is 5.32 Å². The second-order valence-corrected chi connectivity index (χ2v) is 6.45. The molecule has 0 atom stereocenters. The molecule has 3 aromatic carbocycles. The molecule has 3 aromatic rings. The summed E-state index contributed by atoms with van der Waals surface area (Å²) in [6.45, 7) is 1.47.